The first-order valence-electron chi connectivity index (χ1n) is 12.2. The van der Waals surface area contributed by atoms with Crippen LogP contribution < -0.4 is 5.32 Å². The standard InChI is InChI=1S/C26H34FN3O3S/c1-29(23-10-3-2-4-11-23)18-20-8-5-6-12-25(20)28-26(31)21-9-7-17-30(19-21)34(32,33)24-15-13-22(27)14-16-24/h5-6,8,12-16,21,23H,2-4,7,9-11,17-19H2,1H3,(H,28,31). The lowest BCUT2D eigenvalue weighted by Gasteiger charge is -2.32. The molecule has 1 aliphatic carbocycles. The normalized spacial score (nSPS) is 20.4. The van der Waals surface area contributed by atoms with Crippen LogP contribution in [0.4, 0.5) is 10.1 Å². The zero-order valence-electron chi connectivity index (χ0n) is 19.7. The second kappa shape index (κ2) is 11.0. The largest absolute Gasteiger partial charge is 0.326 e. The van der Waals surface area contributed by atoms with E-state index >= 15 is 0 Å². The van der Waals surface area contributed by atoms with Gasteiger partial charge in [0.15, 0.2) is 0 Å². The number of nitrogens with zero attached hydrogens (tertiary/aromatic N) is 2. The molecule has 6 nitrogen and oxygen atoms in total. The van der Waals surface area contributed by atoms with Crippen LogP contribution in [0.25, 0.3) is 0 Å². The van der Waals surface area contributed by atoms with Gasteiger partial charge in [-0.3, -0.25) is 9.69 Å². The Morgan fingerprint density at radius 3 is 2.47 bits per heavy atom. The van der Waals surface area contributed by atoms with Gasteiger partial charge >= 0.3 is 0 Å². The van der Waals surface area contributed by atoms with Crippen molar-refractivity contribution in [1.29, 1.82) is 0 Å². The van der Waals surface area contributed by atoms with Crippen LogP contribution in [0.1, 0.15) is 50.5 Å². The number of carbonyl (C=O) groups is 1. The predicted octanol–water partition coefficient (Wildman–Crippen LogP) is 4.63. The smallest absolute Gasteiger partial charge is 0.243 e. The molecular weight excluding hydrogens is 453 g/mol. The summed E-state index contributed by atoms with van der Waals surface area (Å²) in [6, 6.07) is 13.2. The number of hydrogen-bond donors (Lipinski definition) is 1. The Morgan fingerprint density at radius 2 is 1.74 bits per heavy atom. The highest BCUT2D eigenvalue weighted by Crippen LogP contribution is 2.27. The Hall–Kier alpha value is -2.29. The summed E-state index contributed by atoms with van der Waals surface area (Å²) in [6.07, 6.45) is 7.51. The molecule has 2 fully saturated rings. The zero-order valence-corrected chi connectivity index (χ0v) is 20.6. The van der Waals surface area contributed by atoms with Gasteiger partial charge in [-0.1, -0.05) is 37.5 Å². The van der Waals surface area contributed by atoms with Crippen molar-refractivity contribution in [1.82, 2.24) is 9.21 Å². The maximum atomic E-state index is 13.2. The molecule has 0 radical (unpaired) electrons. The van der Waals surface area contributed by atoms with Crippen LogP contribution in [-0.4, -0.2) is 49.7 Å². The number of piperidine rings is 1. The number of rotatable bonds is 7. The molecule has 2 aliphatic rings. The summed E-state index contributed by atoms with van der Waals surface area (Å²) in [6.45, 7) is 1.23. The molecule has 2 aromatic carbocycles. The highest BCUT2D eigenvalue weighted by molar-refractivity contribution is 7.89. The van der Waals surface area contributed by atoms with E-state index in [0.717, 1.165) is 29.9 Å². The van der Waals surface area contributed by atoms with Crippen LogP contribution in [-0.2, 0) is 21.4 Å². The number of sulfonamides is 1. The van der Waals surface area contributed by atoms with Crippen molar-refractivity contribution >= 4 is 21.6 Å². The third-order valence-corrected chi connectivity index (χ3v) is 8.98. The maximum Gasteiger partial charge on any atom is 0.243 e. The molecule has 1 heterocycles. The Kier molecular flexibility index (Phi) is 8.01. The molecule has 184 valence electrons. The fourth-order valence-electron chi connectivity index (χ4n) is 5.06. The van der Waals surface area contributed by atoms with Gasteiger partial charge in [-0.05, 0) is 68.6 Å². The third kappa shape index (κ3) is 5.85. The van der Waals surface area contributed by atoms with E-state index in [9.17, 15) is 17.6 Å². The Bertz CT molecular complexity index is 1080. The molecule has 0 bridgehead atoms. The number of benzene rings is 2. The summed E-state index contributed by atoms with van der Waals surface area (Å²) >= 11 is 0. The molecule has 1 atom stereocenters. The van der Waals surface area contributed by atoms with Crippen molar-refractivity contribution in [2.75, 3.05) is 25.5 Å². The van der Waals surface area contributed by atoms with E-state index in [2.05, 4.69) is 17.3 Å². The fraction of sp³-hybridized carbons (Fsp3) is 0.500. The Balaban J connectivity index is 1.42. The minimum Gasteiger partial charge on any atom is -0.326 e. The SMILES string of the molecule is CN(Cc1ccccc1NC(=O)C1CCCN(S(=O)(=O)c2ccc(F)cc2)C1)C1CCCCC1. The van der Waals surface area contributed by atoms with E-state index in [-0.39, 0.29) is 17.3 Å². The predicted molar refractivity (Wildman–Crippen MR) is 131 cm³/mol. The van der Waals surface area contributed by atoms with Crippen molar-refractivity contribution < 1.29 is 17.6 Å². The van der Waals surface area contributed by atoms with Gasteiger partial charge in [0.1, 0.15) is 5.82 Å². The lowest BCUT2D eigenvalue weighted by atomic mass is 9.94. The quantitative estimate of drug-likeness (QED) is 0.618. The molecule has 4 rings (SSSR count). The number of amides is 1. The highest BCUT2D eigenvalue weighted by Gasteiger charge is 2.33. The first-order chi connectivity index (χ1) is 16.3. The summed E-state index contributed by atoms with van der Waals surface area (Å²) in [4.78, 5) is 15.6. The van der Waals surface area contributed by atoms with Crippen LogP contribution in [0.3, 0.4) is 0 Å². The molecule has 1 aliphatic heterocycles. The summed E-state index contributed by atoms with van der Waals surface area (Å²) in [7, 11) is -1.63. The Labute approximate surface area is 202 Å². The number of halogens is 1. The van der Waals surface area contributed by atoms with Gasteiger partial charge in [0.05, 0.1) is 10.8 Å². The van der Waals surface area contributed by atoms with Crippen molar-refractivity contribution in [2.45, 2.75) is 62.4 Å². The monoisotopic (exact) mass is 487 g/mol. The average molecular weight is 488 g/mol. The number of para-hydroxylation sites is 1. The molecule has 1 amide bonds. The Morgan fingerprint density at radius 1 is 1.03 bits per heavy atom. The molecule has 1 saturated heterocycles. The average Bonchev–Trinajstić information content (AvgIpc) is 2.86. The highest BCUT2D eigenvalue weighted by atomic mass is 32.2. The second-order valence-corrected chi connectivity index (χ2v) is 11.4. The van der Waals surface area contributed by atoms with Gasteiger partial charge in [-0.25, -0.2) is 12.8 Å². The minimum atomic E-state index is -3.77. The van der Waals surface area contributed by atoms with E-state index < -0.39 is 21.8 Å². The van der Waals surface area contributed by atoms with Crippen molar-refractivity contribution in [2.24, 2.45) is 5.92 Å². The van der Waals surface area contributed by atoms with Crippen LogP contribution in [0.2, 0.25) is 0 Å². The van der Waals surface area contributed by atoms with Gasteiger partial charge < -0.3 is 5.32 Å². The summed E-state index contributed by atoms with van der Waals surface area (Å²) in [5.74, 6) is -1.08. The number of anilines is 1. The molecule has 1 N–H and O–H groups in total. The maximum absolute atomic E-state index is 13.2. The van der Waals surface area contributed by atoms with Gasteiger partial charge in [0.25, 0.3) is 0 Å². The summed E-state index contributed by atoms with van der Waals surface area (Å²) < 4.78 is 40.6. The number of hydrogen-bond acceptors (Lipinski definition) is 4. The molecule has 0 spiro atoms. The summed E-state index contributed by atoms with van der Waals surface area (Å²) in [5, 5.41) is 3.07. The van der Waals surface area contributed by atoms with Gasteiger partial charge in [-0.15, -0.1) is 0 Å². The van der Waals surface area contributed by atoms with Crippen molar-refractivity contribution in [3.05, 3.63) is 59.9 Å². The van der Waals surface area contributed by atoms with Gasteiger partial charge in [0.2, 0.25) is 15.9 Å². The topological polar surface area (TPSA) is 69.7 Å². The second-order valence-electron chi connectivity index (χ2n) is 9.51. The van der Waals surface area contributed by atoms with Crippen LogP contribution in [0.5, 0.6) is 0 Å². The number of carbonyl (C=O) groups excluding carboxylic acids is 1. The molecular formula is C26H34FN3O3S. The van der Waals surface area contributed by atoms with Gasteiger partial charge in [-0.2, -0.15) is 4.31 Å². The summed E-state index contributed by atoms with van der Waals surface area (Å²) in [5.41, 5.74) is 1.85. The van der Waals surface area contributed by atoms with Crippen LogP contribution in [0, 0.1) is 11.7 Å². The lowest BCUT2D eigenvalue weighted by Crippen LogP contribution is -2.43. The molecule has 1 unspecified atom stereocenters. The minimum absolute atomic E-state index is 0.0473. The molecule has 2 aromatic rings. The van der Waals surface area contributed by atoms with Crippen LogP contribution in [0.15, 0.2) is 53.4 Å². The molecule has 34 heavy (non-hydrogen) atoms. The van der Waals surface area contributed by atoms with Crippen molar-refractivity contribution in [3.63, 3.8) is 0 Å². The zero-order chi connectivity index (χ0) is 24.1. The fourth-order valence-corrected chi connectivity index (χ4v) is 6.59. The van der Waals surface area contributed by atoms with Crippen LogP contribution >= 0.6 is 0 Å². The first-order valence-corrected chi connectivity index (χ1v) is 13.6. The first kappa shape index (κ1) is 24.8. The molecule has 8 heteroatoms. The number of nitrogens with one attached hydrogen (secondary N) is 1. The lowest BCUT2D eigenvalue weighted by molar-refractivity contribution is -0.120. The van der Waals surface area contributed by atoms with E-state index in [0.29, 0.717) is 25.4 Å². The molecule has 0 aromatic heterocycles. The van der Waals surface area contributed by atoms with E-state index in [1.54, 1.807) is 0 Å². The van der Waals surface area contributed by atoms with Gasteiger partial charge in [0, 0.05) is 31.4 Å². The molecule has 1 saturated carbocycles. The van der Waals surface area contributed by atoms with E-state index in [1.165, 1.54) is 48.5 Å². The third-order valence-electron chi connectivity index (χ3n) is 7.10. The van der Waals surface area contributed by atoms with E-state index in [1.807, 2.05) is 24.3 Å². The van der Waals surface area contributed by atoms with Crippen molar-refractivity contribution in [3.8, 4) is 0 Å². The van der Waals surface area contributed by atoms with E-state index in [4.69, 9.17) is 0 Å².